The Bertz CT molecular complexity index is 1190. The van der Waals surface area contributed by atoms with Crippen molar-refractivity contribution in [1.29, 1.82) is 0 Å². The molecule has 0 aliphatic carbocycles. The molecule has 1 aliphatic rings. The van der Waals surface area contributed by atoms with Crippen molar-refractivity contribution < 1.29 is 14.3 Å². The van der Waals surface area contributed by atoms with Gasteiger partial charge in [0.05, 0.1) is 41.6 Å². The number of thioether (sulfide) groups is 1. The van der Waals surface area contributed by atoms with Crippen molar-refractivity contribution >= 4 is 45.9 Å². The predicted octanol–water partition coefficient (Wildman–Crippen LogP) is 4.36. The van der Waals surface area contributed by atoms with E-state index in [2.05, 4.69) is 5.32 Å². The van der Waals surface area contributed by atoms with Gasteiger partial charge in [-0.25, -0.2) is 4.98 Å². The fourth-order valence-corrected chi connectivity index (χ4v) is 4.70. The van der Waals surface area contributed by atoms with Gasteiger partial charge in [0, 0.05) is 11.6 Å². The van der Waals surface area contributed by atoms with E-state index in [9.17, 15) is 9.59 Å². The average Bonchev–Trinajstić information content (AvgIpc) is 3.30. The molecule has 0 unspecified atom stereocenters. The van der Waals surface area contributed by atoms with Crippen molar-refractivity contribution in [3.63, 3.8) is 0 Å². The summed E-state index contributed by atoms with van der Waals surface area (Å²) < 4.78 is 12.7. The molecule has 9 heteroatoms. The molecule has 1 N–H and O–H groups in total. The van der Waals surface area contributed by atoms with E-state index in [1.165, 1.54) is 18.9 Å². The number of carbonyl (C=O) groups excluding carboxylic acids is 1. The second-order valence-corrected chi connectivity index (χ2v) is 9.30. The molecule has 0 radical (unpaired) electrons. The largest absolute Gasteiger partial charge is 0.495 e. The molecule has 168 valence electrons. The standard InChI is InChI=1S/C23H24ClN3O4S/c1-14(21(28)25-19-12-15(24)9-10-20(19)30-2)32-23-26-18-8-4-3-7-17(18)22(29)27(23)13-16-6-5-11-31-16/h3-4,7-10,12,14,16H,5-6,11,13H2,1-2H3,(H,25,28)/t14-,16-/m0/s1. The van der Waals surface area contributed by atoms with Gasteiger partial charge in [-0.2, -0.15) is 0 Å². The van der Waals surface area contributed by atoms with Crippen LogP contribution in [0.1, 0.15) is 19.8 Å². The van der Waals surface area contributed by atoms with Crippen LogP contribution in [0.5, 0.6) is 5.75 Å². The lowest BCUT2D eigenvalue weighted by Gasteiger charge is -2.19. The lowest BCUT2D eigenvalue weighted by Crippen LogP contribution is -2.30. The molecule has 1 saturated heterocycles. The molecule has 0 bridgehead atoms. The number of rotatable bonds is 7. The highest BCUT2D eigenvalue weighted by molar-refractivity contribution is 8.00. The topological polar surface area (TPSA) is 82.5 Å². The van der Waals surface area contributed by atoms with E-state index in [1.54, 1.807) is 41.8 Å². The van der Waals surface area contributed by atoms with E-state index in [4.69, 9.17) is 26.1 Å². The number of nitrogens with one attached hydrogen (secondary N) is 1. The highest BCUT2D eigenvalue weighted by atomic mass is 35.5. The fourth-order valence-electron chi connectivity index (χ4n) is 3.61. The van der Waals surface area contributed by atoms with E-state index in [0.717, 1.165) is 12.8 Å². The van der Waals surface area contributed by atoms with Crippen molar-refractivity contribution in [3.8, 4) is 5.75 Å². The second kappa shape index (κ2) is 9.94. The summed E-state index contributed by atoms with van der Waals surface area (Å²) in [5.41, 5.74) is 0.964. The molecule has 1 aromatic heterocycles. The summed E-state index contributed by atoms with van der Waals surface area (Å²) in [7, 11) is 1.53. The van der Waals surface area contributed by atoms with Crippen LogP contribution in [0, 0.1) is 0 Å². The van der Waals surface area contributed by atoms with Crippen LogP contribution in [0.15, 0.2) is 52.4 Å². The number of carbonyl (C=O) groups is 1. The Balaban J connectivity index is 1.61. The van der Waals surface area contributed by atoms with Crippen LogP contribution >= 0.6 is 23.4 Å². The Morgan fingerprint density at radius 1 is 1.38 bits per heavy atom. The molecule has 1 fully saturated rings. The van der Waals surface area contributed by atoms with Gasteiger partial charge in [-0.15, -0.1) is 0 Å². The summed E-state index contributed by atoms with van der Waals surface area (Å²) in [6.07, 6.45) is 1.84. The first kappa shape index (κ1) is 22.6. The van der Waals surface area contributed by atoms with Crippen molar-refractivity contribution in [2.24, 2.45) is 0 Å². The summed E-state index contributed by atoms with van der Waals surface area (Å²) in [6.45, 7) is 2.88. The van der Waals surface area contributed by atoms with E-state index in [-0.39, 0.29) is 17.6 Å². The van der Waals surface area contributed by atoms with E-state index < -0.39 is 5.25 Å². The number of fused-ring (bicyclic) bond motifs is 1. The molecule has 7 nitrogen and oxygen atoms in total. The van der Waals surface area contributed by atoms with Crippen LogP contribution in [0.3, 0.4) is 0 Å². The molecular weight excluding hydrogens is 450 g/mol. The first-order valence-corrected chi connectivity index (χ1v) is 11.6. The van der Waals surface area contributed by atoms with Crippen molar-refractivity contribution in [1.82, 2.24) is 9.55 Å². The minimum atomic E-state index is -0.525. The Morgan fingerprint density at radius 3 is 2.94 bits per heavy atom. The summed E-state index contributed by atoms with van der Waals surface area (Å²) in [5, 5.41) is 3.86. The number of aromatic nitrogens is 2. The number of nitrogens with zero attached hydrogens (tertiary/aromatic N) is 2. The van der Waals surface area contributed by atoms with Crippen LogP contribution in [0.2, 0.25) is 5.02 Å². The molecule has 0 spiro atoms. The van der Waals surface area contributed by atoms with Gasteiger partial charge in [-0.3, -0.25) is 14.2 Å². The molecule has 2 aromatic carbocycles. The van der Waals surface area contributed by atoms with Crippen LogP contribution < -0.4 is 15.6 Å². The Kier molecular flexibility index (Phi) is 7.03. The third-order valence-corrected chi connectivity index (χ3v) is 6.63. The number of methoxy groups -OCH3 is 1. The summed E-state index contributed by atoms with van der Waals surface area (Å²) in [6, 6.07) is 12.3. The third kappa shape index (κ3) is 4.92. The molecule has 1 amide bonds. The Labute approximate surface area is 195 Å². The molecule has 4 rings (SSSR count). The zero-order valence-corrected chi connectivity index (χ0v) is 19.4. The first-order valence-electron chi connectivity index (χ1n) is 10.4. The number of anilines is 1. The molecule has 3 aromatic rings. The predicted molar refractivity (Wildman–Crippen MR) is 127 cm³/mol. The Morgan fingerprint density at radius 2 is 2.19 bits per heavy atom. The van der Waals surface area contributed by atoms with Crippen molar-refractivity contribution in [3.05, 3.63) is 57.8 Å². The molecular formula is C23H24ClN3O4S. The van der Waals surface area contributed by atoms with Gasteiger partial charge < -0.3 is 14.8 Å². The Hall–Kier alpha value is -2.55. The first-order chi connectivity index (χ1) is 15.5. The lowest BCUT2D eigenvalue weighted by molar-refractivity contribution is -0.115. The van der Waals surface area contributed by atoms with E-state index in [0.29, 0.717) is 45.7 Å². The maximum absolute atomic E-state index is 13.2. The van der Waals surface area contributed by atoms with Gasteiger partial charge in [-0.05, 0) is 50.1 Å². The highest BCUT2D eigenvalue weighted by Gasteiger charge is 2.23. The molecule has 32 heavy (non-hydrogen) atoms. The number of benzene rings is 2. The van der Waals surface area contributed by atoms with Crippen LogP contribution in [0.25, 0.3) is 10.9 Å². The van der Waals surface area contributed by atoms with Crippen LogP contribution in [-0.4, -0.2) is 40.5 Å². The van der Waals surface area contributed by atoms with Crippen molar-refractivity contribution in [2.75, 3.05) is 19.0 Å². The maximum Gasteiger partial charge on any atom is 0.262 e. The highest BCUT2D eigenvalue weighted by Crippen LogP contribution is 2.30. The minimum Gasteiger partial charge on any atom is -0.495 e. The van der Waals surface area contributed by atoms with Crippen molar-refractivity contribution in [2.45, 2.75) is 42.8 Å². The number of hydrogen-bond acceptors (Lipinski definition) is 6. The van der Waals surface area contributed by atoms with Crippen LogP contribution in [-0.2, 0) is 16.1 Å². The molecule has 0 saturated carbocycles. The number of hydrogen-bond donors (Lipinski definition) is 1. The van der Waals surface area contributed by atoms with Gasteiger partial charge in [0.15, 0.2) is 5.16 Å². The van der Waals surface area contributed by atoms with Gasteiger partial charge in [-0.1, -0.05) is 35.5 Å². The quantitative estimate of drug-likeness (QED) is 0.405. The SMILES string of the molecule is COc1ccc(Cl)cc1NC(=O)[C@H](C)Sc1nc2ccccc2c(=O)n1C[C@@H]1CCCO1. The summed E-state index contributed by atoms with van der Waals surface area (Å²) >= 11 is 7.31. The monoisotopic (exact) mass is 473 g/mol. The second-order valence-electron chi connectivity index (χ2n) is 7.56. The average molecular weight is 474 g/mol. The third-order valence-electron chi connectivity index (χ3n) is 5.31. The molecule has 2 atom stereocenters. The normalized spacial score (nSPS) is 16.8. The molecule has 1 aliphatic heterocycles. The number of halogens is 1. The summed E-state index contributed by atoms with van der Waals surface area (Å²) in [5.74, 6) is 0.265. The number of para-hydroxylation sites is 1. The lowest BCUT2D eigenvalue weighted by atomic mass is 10.2. The fraction of sp³-hybridized carbons (Fsp3) is 0.348. The zero-order chi connectivity index (χ0) is 22.7. The van der Waals surface area contributed by atoms with Gasteiger partial charge >= 0.3 is 0 Å². The molecule has 2 heterocycles. The number of amides is 1. The van der Waals surface area contributed by atoms with Gasteiger partial charge in [0.1, 0.15) is 5.75 Å². The van der Waals surface area contributed by atoms with E-state index >= 15 is 0 Å². The zero-order valence-electron chi connectivity index (χ0n) is 17.8. The number of ether oxygens (including phenoxy) is 2. The van der Waals surface area contributed by atoms with Gasteiger partial charge in [0.25, 0.3) is 5.56 Å². The van der Waals surface area contributed by atoms with E-state index in [1.807, 2.05) is 12.1 Å². The smallest absolute Gasteiger partial charge is 0.262 e. The summed E-state index contributed by atoms with van der Waals surface area (Å²) in [4.78, 5) is 30.9. The maximum atomic E-state index is 13.2. The van der Waals surface area contributed by atoms with Crippen LogP contribution in [0.4, 0.5) is 5.69 Å². The minimum absolute atomic E-state index is 0.0325. The van der Waals surface area contributed by atoms with Gasteiger partial charge in [0.2, 0.25) is 5.91 Å².